The number of aromatic nitrogens is 1. The van der Waals surface area contributed by atoms with E-state index in [-0.39, 0.29) is 6.29 Å². The highest BCUT2D eigenvalue weighted by Gasteiger charge is 2.20. The minimum absolute atomic E-state index is 0.372. The molecule has 0 N–H and O–H groups in total. The zero-order valence-corrected chi connectivity index (χ0v) is 9.08. The average molecular weight is 222 g/mol. The Morgan fingerprint density at radius 3 is 2.80 bits per heavy atom. The van der Waals surface area contributed by atoms with E-state index in [1.807, 2.05) is 6.26 Å². The first kappa shape index (κ1) is 10.4. The van der Waals surface area contributed by atoms with Crippen LogP contribution in [-0.2, 0) is 9.47 Å². The van der Waals surface area contributed by atoms with Gasteiger partial charge in [0.05, 0.1) is 24.5 Å². The summed E-state index contributed by atoms with van der Waals surface area (Å²) in [5.74, 6) is 0. The molecule has 0 saturated carbocycles. The summed E-state index contributed by atoms with van der Waals surface area (Å²) in [5.41, 5.74) is 1.32. The number of nitrogens with zero attached hydrogens (tertiary/aromatic N) is 2. The Morgan fingerprint density at radius 2 is 2.20 bits per heavy atom. The van der Waals surface area contributed by atoms with Crippen molar-refractivity contribution in [3.8, 4) is 6.07 Å². The van der Waals surface area contributed by atoms with Crippen LogP contribution in [0.1, 0.15) is 17.5 Å². The van der Waals surface area contributed by atoms with Gasteiger partial charge < -0.3 is 9.47 Å². The van der Waals surface area contributed by atoms with Crippen LogP contribution in [-0.4, -0.2) is 24.5 Å². The van der Waals surface area contributed by atoms with Crippen LogP contribution in [0.25, 0.3) is 0 Å². The van der Waals surface area contributed by atoms with Crippen molar-refractivity contribution in [2.75, 3.05) is 19.5 Å². The van der Waals surface area contributed by atoms with Crippen molar-refractivity contribution in [1.29, 1.82) is 5.26 Å². The van der Waals surface area contributed by atoms with Crippen molar-refractivity contribution >= 4 is 11.8 Å². The minimum Gasteiger partial charge on any atom is -0.345 e. The molecular formula is C10H10N2O2S. The van der Waals surface area contributed by atoms with Gasteiger partial charge in [-0.3, -0.25) is 0 Å². The van der Waals surface area contributed by atoms with Crippen LogP contribution in [0.2, 0.25) is 0 Å². The summed E-state index contributed by atoms with van der Waals surface area (Å²) in [6, 6.07) is 5.62. The van der Waals surface area contributed by atoms with Gasteiger partial charge in [0.15, 0.2) is 0 Å². The lowest BCUT2D eigenvalue weighted by molar-refractivity contribution is -0.0476. The Hall–Kier alpha value is -1.09. The maximum atomic E-state index is 8.84. The van der Waals surface area contributed by atoms with E-state index in [9.17, 15) is 0 Å². The molecule has 2 heterocycles. The second kappa shape index (κ2) is 4.62. The molecular weight excluding hydrogens is 212 g/mol. The van der Waals surface area contributed by atoms with Crippen molar-refractivity contribution in [1.82, 2.24) is 4.98 Å². The van der Waals surface area contributed by atoms with Crippen LogP contribution in [0, 0.1) is 11.3 Å². The van der Waals surface area contributed by atoms with Crippen LogP contribution >= 0.6 is 11.8 Å². The third-order valence-electron chi connectivity index (χ3n) is 2.06. The number of ether oxygens (including phenoxy) is 2. The second-order valence-corrected chi connectivity index (χ2v) is 3.77. The highest BCUT2D eigenvalue weighted by molar-refractivity contribution is 7.98. The Kier molecular flexibility index (Phi) is 3.21. The first-order chi connectivity index (χ1) is 7.35. The van der Waals surface area contributed by atoms with Crippen molar-refractivity contribution in [2.24, 2.45) is 0 Å². The Bertz CT molecular complexity index is 397. The number of pyridine rings is 1. The van der Waals surface area contributed by atoms with Crippen LogP contribution in [0.15, 0.2) is 17.2 Å². The van der Waals surface area contributed by atoms with E-state index in [1.165, 1.54) is 11.8 Å². The molecule has 1 aliphatic rings. The van der Waals surface area contributed by atoms with Crippen molar-refractivity contribution in [2.45, 2.75) is 11.3 Å². The van der Waals surface area contributed by atoms with E-state index < -0.39 is 0 Å². The van der Waals surface area contributed by atoms with Gasteiger partial charge in [-0.05, 0) is 18.4 Å². The van der Waals surface area contributed by atoms with Gasteiger partial charge in [0, 0.05) is 0 Å². The van der Waals surface area contributed by atoms with Crippen LogP contribution in [0.4, 0.5) is 0 Å². The predicted octanol–water partition coefficient (Wildman–Crippen LogP) is 1.72. The molecule has 0 bridgehead atoms. The molecule has 0 aliphatic carbocycles. The smallest absolute Gasteiger partial charge is 0.201 e. The predicted molar refractivity (Wildman–Crippen MR) is 55.4 cm³/mol. The monoisotopic (exact) mass is 222 g/mol. The maximum absolute atomic E-state index is 8.84. The first-order valence-corrected chi connectivity index (χ1v) is 5.76. The summed E-state index contributed by atoms with van der Waals surface area (Å²) < 4.78 is 10.7. The molecule has 1 aliphatic heterocycles. The zero-order chi connectivity index (χ0) is 10.7. The minimum atomic E-state index is -0.372. The number of hydrogen-bond acceptors (Lipinski definition) is 5. The van der Waals surface area contributed by atoms with Crippen molar-refractivity contribution in [3.05, 3.63) is 23.4 Å². The molecule has 1 saturated heterocycles. The third kappa shape index (κ3) is 2.12. The van der Waals surface area contributed by atoms with Crippen LogP contribution in [0.5, 0.6) is 0 Å². The Labute approximate surface area is 92.2 Å². The largest absolute Gasteiger partial charge is 0.345 e. The molecule has 0 radical (unpaired) electrons. The Balaban J connectivity index is 2.30. The molecule has 0 aromatic carbocycles. The molecule has 78 valence electrons. The zero-order valence-electron chi connectivity index (χ0n) is 8.27. The molecule has 0 amide bonds. The molecule has 4 nitrogen and oxygen atoms in total. The fraction of sp³-hybridized carbons (Fsp3) is 0.400. The fourth-order valence-electron chi connectivity index (χ4n) is 1.36. The van der Waals surface area contributed by atoms with E-state index in [4.69, 9.17) is 14.7 Å². The number of hydrogen-bond donors (Lipinski definition) is 0. The third-order valence-corrected chi connectivity index (χ3v) is 2.76. The number of rotatable bonds is 2. The molecule has 0 atom stereocenters. The van der Waals surface area contributed by atoms with Crippen LogP contribution in [0.3, 0.4) is 0 Å². The molecule has 15 heavy (non-hydrogen) atoms. The van der Waals surface area contributed by atoms with E-state index >= 15 is 0 Å². The first-order valence-electron chi connectivity index (χ1n) is 4.53. The lowest BCUT2D eigenvalue weighted by atomic mass is 10.2. The molecule has 0 spiro atoms. The van der Waals surface area contributed by atoms with Crippen LogP contribution < -0.4 is 0 Å². The molecule has 0 unspecified atom stereocenters. The van der Waals surface area contributed by atoms with E-state index in [0.29, 0.717) is 23.8 Å². The van der Waals surface area contributed by atoms with E-state index in [2.05, 4.69) is 11.1 Å². The summed E-state index contributed by atoms with van der Waals surface area (Å²) in [4.78, 5) is 4.33. The fourth-order valence-corrected chi connectivity index (χ4v) is 1.89. The van der Waals surface area contributed by atoms with E-state index in [0.717, 1.165) is 5.69 Å². The summed E-state index contributed by atoms with van der Waals surface area (Å²) in [7, 11) is 0. The quantitative estimate of drug-likeness (QED) is 0.713. The summed E-state index contributed by atoms with van der Waals surface area (Å²) in [6.45, 7) is 1.20. The summed E-state index contributed by atoms with van der Waals surface area (Å²) in [6.07, 6.45) is 1.52. The molecule has 1 aromatic heterocycles. The molecule has 2 rings (SSSR count). The number of thioether (sulfide) groups is 1. The van der Waals surface area contributed by atoms with Crippen molar-refractivity contribution in [3.63, 3.8) is 0 Å². The SMILES string of the molecule is CSc1nc(C2OCCO2)ccc1C#N. The lowest BCUT2D eigenvalue weighted by Crippen LogP contribution is -2.02. The molecule has 5 heteroatoms. The number of nitriles is 1. The normalized spacial score (nSPS) is 16.5. The second-order valence-electron chi connectivity index (χ2n) is 2.98. The van der Waals surface area contributed by atoms with Gasteiger partial charge in [-0.2, -0.15) is 5.26 Å². The summed E-state index contributed by atoms with van der Waals surface area (Å²) in [5, 5.41) is 9.56. The topological polar surface area (TPSA) is 55.1 Å². The van der Waals surface area contributed by atoms with Gasteiger partial charge >= 0.3 is 0 Å². The van der Waals surface area contributed by atoms with Gasteiger partial charge in [0.1, 0.15) is 11.1 Å². The Morgan fingerprint density at radius 1 is 1.47 bits per heavy atom. The van der Waals surface area contributed by atoms with Gasteiger partial charge in [-0.15, -0.1) is 11.8 Å². The highest BCUT2D eigenvalue weighted by atomic mass is 32.2. The van der Waals surface area contributed by atoms with Gasteiger partial charge in [-0.25, -0.2) is 4.98 Å². The van der Waals surface area contributed by atoms with Gasteiger partial charge in [0.2, 0.25) is 6.29 Å². The lowest BCUT2D eigenvalue weighted by Gasteiger charge is -2.09. The van der Waals surface area contributed by atoms with Gasteiger partial charge in [0.25, 0.3) is 0 Å². The highest BCUT2D eigenvalue weighted by Crippen LogP contribution is 2.25. The molecule has 1 fully saturated rings. The average Bonchev–Trinajstić information content (AvgIpc) is 2.81. The maximum Gasteiger partial charge on any atom is 0.201 e. The van der Waals surface area contributed by atoms with Gasteiger partial charge in [-0.1, -0.05) is 0 Å². The molecule has 1 aromatic rings. The summed E-state index contributed by atoms with van der Waals surface area (Å²) >= 11 is 1.45. The van der Waals surface area contributed by atoms with E-state index in [1.54, 1.807) is 12.1 Å². The standard InChI is InChI=1S/C10H10N2O2S/c1-15-9-7(6-11)2-3-8(12-9)10-13-4-5-14-10/h2-3,10H,4-5H2,1H3. The van der Waals surface area contributed by atoms with Crippen molar-refractivity contribution < 1.29 is 9.47 Å².